The van der Waals surface area contributed by atoms with Crippen molar-refractivity contribution in [3.63, 3.8) is 0 Å². The van der Waals surface area contributed by atoms with E-state index in [2.05, 4.69) is 0 Å². The molecule has 1 fully saturated rings. The molecule has 1 atom stereocenters. The molecule has 0 aromatic heterocycles. The number of carbonyl (C=O) groups excluding carboxylic acids is 1. The van der Waals surface area contributed by atoms with E-state index < -0.39 is 11.4 Å². The van der Waals surface area contributed by atoms with E-state index in [9.17, 15) is 9.59 Å². The molecule has 0 radical (unpaired) electrons. The molecule has 5 heteroatoms. The van der Waals surface area contributed by atoms with Gasteiger partial charge in [-0.05, 0) is 19.6 Å². The summed E-state index contributed by atoms with van der Waals surface area (Å²) in [6, 6.07) is 0. The highest BCUT2D eigenvalue weighted by molar-refractivity contribution is 7.98. The van der Waals surface area contributed by atoms with Crippen LogP contribution in [0.25, 0.3) is 0 Å². The summed E-state index contributed by atoms with van der Waals surface area (Å²) in [6.07, 6.45) is 3.03. The van der Waals surface area contributed by atoms with Crippen molar-refractivity contribution in [3.8, 4) is 0 Å². The van der Waals surface area contributed by atoms with Crippen LogP contribution in [0.2, 0.25) is 0 Å². The molecular formula is C10H17NO3S. The third-order valence-electron chi connectivity index (χ3n) is 2.86. The Hall–Kier alpha value is -0.710. The van der Waals surface area contributed by atoms with Gasteiger partial charge in [-0.3, -0.25) is 9.59 Å². The van der Waals surface area contributed by atoms with E-state index >= 15 is 0 Å². The second-order valence-corrected chi connectivity index (χ2v) is 5.16. The third kappa shape index (κ3) is 2.87. The van der Waals surface area contributed by atoms with Crippen LogP contribution < -0.4 is 0 Å². The number of likely N-dealkylation sites (tertiary alicyclic amines) is 1. The normalized spacial score (nSPS) is 25.6. The molecule has 86 valence electrons. The highest BCUT2D eigenvalue weighted by Crippen LogP contribution is 2.30. The number of hydrogen-bond donors (Lipinski definition) is 1. The van der Waals surface area contributed by atoms with Crippen LogP contribution in [0.5, 0.6) is 0 Å². The molecule has 0 spiro atoms. The Bertz CT molecular complexity index is 269. The summed E-state index contributed by atoms with van der Waals surface area (Å²) in [5.41, 5.74) is -0.741. The zero-order valence-electron chi connectivity index (χ0n) is 9.15. The number of amides is 1. The topological polar surface area (TPSA) is 57.6 Å². The molecule has 1 rings (SSSR count). The van der Waals surface area contributed by atoms with Crippen LogP contribution in [-0.2, 0) is 9.59 Å². The Balaban J connectivity index is 2.49. The first kappa shape index (κ1) is 12.4. The zero-order chi connectivity index (χ0) is 11.5. The monoisotopic (exact) mass is 231 g/mol. The summed E-state index contributed by atoms with van der Waals surface area (Å²) in [5, 5.41) is 9.01. The van der Waals surface area contributed by atoms with Gasteiger partial charge in [0.2, 0.25) is 5.91 Å². The zero-order valence-corrected chi connectivity index (χ0v) is 9.97. The van der Waals surface area contributed by atoms with Gasteiger partial charge < -0.3 is 10.0 Å². The van der Waals surface area contributed by atoms with Crippen molar-refractivity contribution >= 4 is 23.6 Å². The molecule has 1 heterocycles. The quantitative estimate of drug-likeness (QED) is 0.786. The van der Waals surface area contributed by atoms with Gasteiger partial charge in [-0.15, -0.1) is 0 Å². The summed E-state index contributed by atoms with van der Waals surface area (Å²) in [5.74, 6) is 0.0797. The standard InChI is InChI=1S/C10H17NO3S/c1-10(9(13)14)4-5-11(7-10)8(12)3-6-15-2/h3-7H2,1-2H3,(H,13,14). The van der Waals surface area contributed by atoms with Gasteiger partial charge in [-0.2, -0.15) is 11.8 Å². The van der Waals surface area contributed by atoms with E-state index in [-0.39, 0.29) is 5.91 Å². The maximum atomic E-state index is 11.6. The van der Waals surface area contributed by atoms with E-state index in [4.69, 9.17) is 5.11 Å². The van der Waals surface area contributed by atoms with E-state index in [1.54, 1.807) is 23.6 Å². The number of carboxylic acids is 1. The summed E-state index contributed by atoms with van der Waals surface area (Å²) in [6.45, 7) is 2.64. The molecule has 1 unspecified atom stereocenters. The highest BCUT2D eigenvalue weighted by atomic mass is 32.2. The molecule has 1 aliphatic heterocycles. The Labute approximate surface area is 94.0 Å². The number of rotatable bonds is 4. The largest absolute Gasteiger partial charge is 0.481 e. The summed E-state index contributed by atoms with van der Waals surface area (Å²) < 4.78 is 0. The van der Waals surface area contributed by atoms with Crippen LogP contribution in [0.15, 0.2) is 0 Å². The lowest BCUT2D eigenvalue weighted by molar-refractivity contribution is -0.147. The molecule has 1 N–H and O–H groups in total. The molecule has 15 heavy (non-hydrogen) atoms. The minimum Gasteiger partial charge on any atom is -0.481 e. The van der Waals surface area contributed by atoms with E-state index in [0.29, 0.717) is 25.9 Å². The average Bonchev–Trinajstić information content (AvgIpc) is 2.59. The fourth-order valence-electron chi connectivity index (χ4n) is 1.70. The van der Waals surface area contributed by atoms with Crippen LogP contribution >= 0.6 is 11.8 Å². The molecular weight excluding hydrogens is 214 g/mol. The minimum atomic E-state index is -0.803. The SMILES string of the molecule is CSCCC(=O)N1CCC(C)(C(=O)O)C1. The van der Waals surface area contributed by atoms with Crippen LogP contribution in [-0.4, -0.2) is 47.0 Å². The first-order valence-corrected chi connectivity index (χ1v) is 6.39. The second-order valence-electron chi connectivity index (χ2n) is 4.17. The van der Waals surface area contributed by atoms with Crippen LogP contribution in [0, 0.1) is 5.41 Å². The lowest BCUT2D eigenvalue weighted by Gasteiger charge is -2.20. The average molecular weight is 231 g/mol. The Kier molecular flexibility index (Phi) is 4.02. The van der Waals surface area contributed by atoms with Crippen LogP contribution in [0.3, 0.4) is 0 Å². The maximum absolute atomic E-state index is 11.6. The van der Waals surface area contributed by atoms with Crippen molar-refractivity contribution in [1.82, 2.24) is 4.90 Å². The Morgan fingerprint density at radius 3 is 2.67 bits per heavy atom. The van der Waals surface area contributed by atoms with Crippen molar-refractivity contribution in [2.45, 2.75) is 19.8 Å². The number of thioether (sulfide) groups is 1. The van der Waals surface area contributed by atoms with Gasteiger partial charge in [0, 0.05) is 25.3 Å². The predicted molar refractivity (Wildman–Crippen MR) is 59.9 cm³/mol. The van der Waals surface area contributed by atoms with Crippen molar-refractivity contribution in [3.05, 3.63) is 0 Å². The highest BCUT2D eigenvalue weighted by Gasteiger charge is 2.41. The molecule has 0 aromatic rings. The molecule has 0 bridgehead atoms. The molecule has 1 saturated heterocycles. The van der Waals surface area contributed by atoms with Gasteiger partial charge in [0.05, 0.1) is 5.41 Å². The fraction of sp³-hybridized carbons (Fsp3) is 0.800. The van der Waals surface area contributed by atoms with Gasteiger partial charge in [-0.25, -0.2) is 0 Å². The summed E-state index contributed by atoms with van der Waals surface area (Å²) in [4.78, 5) is 24.3. The lowest BCUT2D eigenvalue weighted by atomic mass is 9.90. The summed E-state index contributed by atoms with van der Waals surface area (Å²) >= 11 is 1.63. The van der Waals surface area contributed by atoms with Crippen LogP contribution in [0.4, 0.5) is 0 Å². The minimum absolute atomic E-state index is 0.0781. The van der Waals surface area contributed by atoms with Gasteiger partial charge >= 0.3 is 5.97 Å². The number of carboxylic acid groups (broad SMARTS) is 1. The fourth-order valence-corrected chi connectivity index (χ4v) is 2.07. The van der Waals surface area contributed by atoms with Gasteiger partial charge in [-0.1, -0.05) is 0 Å². The van der Waals surface area contributed by atoms with Gasteiger partial charge in [0.1, 0.15) is 0 Å². The summed E-state index contributed by atoms with van der Waals surface area (Å²) in [7, 11) is 0. The first-order valence-electron chi connectivity index (χ1n) is 5.00. The Morgan fingerprint density at radius 2 is 2.20 bits per heavy atom. The number of nitrogens with zero attached hydrogens (tertiary/aromatic N) is 1. The number of aliphatic carboxylic acids is 1. The van der Waals surface area contributed by atoms with Crippen LogP contribution in [0.1, 0.15) is 19.8 Å². The van der Waals surface area contributed by atoms with Crippen molar-refractivity contribution in [1.29, 1.82) is 0 Å². The van der Waals surface area contributed by atoms with Crippen molar-refractivity contribution in [2.75, 3.05) is 25.1 Å². The molecule has 4 nitrogen and oxygen atoms in total. The molecule has 0 aromatic carbocycles. The molecule has 0 saturated carbocycles. The third-order valence-corrected chi connectivity index (χ3v) is 3.47. The van der Waals surface area contributed by atoms with E-state index in [1.165, 1.54) is 0 Å². The number of hydrogen-bond acceptors (Lipinski definition) is 3. The second kappa shape index (κ2) is 4.88. The van der Waals surface area contributed by atoms with E-state index in [0.717, 1.165) is 5.75 Å². The Morgan fingerprint density at radius 1 is 1.53 bits per heavy atom. The van der Waals surface area contributed by atoms with Crippen molar-refractivity contribution in [2.24, 2.45) is 5.41 Å². The van der Waals surface area contributed by atoms with E-state index in [1.807, 2.05) is 6.26 Å². The first-order chi connectivity index (χ1) is 6.99. The lowest BCUT2D eigenvalue weighted by Crippen LogP contribution is -2.34. The van der Waals surface area contributed by atoms with Gasteiger partial charge in [0.25, 0.3) is 0 Å². The molecule has 1 aliphatic rings. The smallest absolute Gasteiger partial charge is 0.311 e. The predicted octanol–water partition coefficient (Wildman–Crippen LogP) is 1.06. The molecule has 0 aliphatic carbocycles. The van der Waals surface area contributed by atoms with Crippen molar-refractivity contribution < 1.29 is 14.7 Å². The number of carbonyl (C=O) groups is 2. The molecule has 1 amide bonds. The maximum Gasteiger partial charge on any atom is 0.311 e. The van der Waals surface area contributed by atoms with Gasteiger partial charge in [0.15, 0.2) is 0 Å².